The van der Waals surface area contributed by atoms with Crippen molar-refractivity contribution in [3.63, 3.8) is 0 Å². The van der Waals surface area contributed by atoms with Crippen molar-refractivity contribution in [2.24, 2.45) is 0 Å². The smallest absolute Gasteiger partial charge is 0.341 e. The number of anilines is 1. The zero-order valence-corrected chi connectivity index (χ0v) is 11.9. The highest BCUT2D eigenvalue weighted by molar-refractivity contribution is 7.14. The molecule has 1 saturated carbocycles. The van der Waals surface area contributed by atoms with Crippen LogP contribution in [0.2, 0.25) is 0 Å². The first-order valence-corrected chi connectivity index (χ1v) is 7.55. The number of carbonyl (C=O) groups excluding carboxylic acids is 1. The molecule has 0 amide bonds. The third-order valence-electron chi connectivity index (χ3n) is 3.50. The first-order valence-electron chi connectivity index (χ1n) is 6.67. The molecule has 1 aliphatic rings. The second-order valence-corrected chi connectivity index (χ2v) is 6.16. The molecule has 4 heteroatoms. The zero-order chi connectivity index (χ0) is 13.1. The van der Waals surface area contributed by atoms with Gasteiger partial charge in [-0.2, -0.15) is 0 Å². The molecule has 0 aliphatic heterocycles. The van der Waals surface area contributed by atoms with Crippen LogP contribution in [0, 0.1) is 0 Å². The molecule has 3 nitrogen and oxygen atoms in total. The van der Waals surface area contributed by atoms with Crippen molar-refractivity contribution < 1.29 is 9.53 Å². The Morgan fingerprint density at radius 1 is 1.39 bits per heavy atom. The average molecular weight is 267 g/mol. The summed E-state index contributed by atoms with van der Waals surface area (Å²) in [6, 6.07) is 0. The lowest BCUT2D eigenvalue weighted by Gasteiger charge is -2.22. The van der Waals surface area contributed by atoms with Gasteiger partial charge in [-0.25, -0.2) is 4.79 Å². The van der Waals surface area contributed by atoms with Gasteiger partial charge in [0.1, 0.15) is 11.1 Å². The van der Waals surface area contributed by atoms with Crippen molar-refractivity contribution in [2.45, 2.75) is 58.0 Å². The highest BCUT2D eigenvalue weighted by Gasteiger charge is 2.24. The van der Waals surface area contributed by atoms with E-state index in [4.69, 9.17) is 10.5 Å². The quantitative estimate of drug-likeness (QED) is 0.844. The lowest BCUT2D eigenvalue weighted by atomic mass is 9.97. The van der Waals surface area contributed by atoms with E-state index in [0.717, 1.165) is 31.2 Å². The largest absolute Gasteiger partial charge is 0.459 e. The predicted molar refractivity (Wildman–Crippen MR) is 75.1 cm³/mol. The number of hydrogen-bond donors (Lipinski definition) is 1. The van der Waals surface area contributed by atoms with Crippen molar-refractivity contribution in [1.82, 2.24) is 0 Å². The number of hydrogen-bond acceptors (Lipinski definition) is 4. The lowest BCUT2D eigenvalue weighted by Crippen LogP contribution is -2.21. The van der Waals surface area contributed by atoms with Crippen molar-refractivity contribution in [3.8, 4) is 0 Å². The van der Waals surface area contributed by atoms with Crippen LogP contribution < -0.4 is 5.73 Å². The Balaban J connectivity index is 2.10. The van der Waals surface area contributed by atoms with E-state index in [2.05, 4.69) is 13.8 Å². The van der Waals surface area contributed by atoms with Gasteiger partial charge < -0.3 is 10.5 Å². The van der Waals surface area contributed by atoms with E-state index in [1.165, 1.54) is 17.8 Å². The zero-order valence-electron chi connectivity index (χ0n) is 11.1. The highest BCUT2D eigenvalue weighted by Crippen LogP contribution is 2.32. The normalized spacial score (nSPS) is 17.1. The van der Waals surface area contributed by atoms with Gasteiger partial charge in [0.2, 0.25) is 0 Å². The summed E-state index contributed by atoms with van der Waals surface area (Å²) in [5, 5.41) is 2.55. The number of rotatable bonds is 3. The summed E-state index contributed by atoms with van der Waals surface area (Å²) in [4.78, 5) is 12.2. The fourth-order valence-electron chi connectivity index (χ4n) is 2.42. The molecule has 0 unspecified atom stereocenters. The summed E-state index contributed by atoms with van der Waals surface area (Å²) in [6.07, 6.45) is 5.65. The Kier molecular flexibility index (Phi) is 4.27. The van der Waals surface area contributed by atoms with E-state index in [-0.39, 0.29) is 12.1 Å². The number of thiophene rings is 1. The van der Waals surface area contributed by atoms with Crippen LogP contribution in [-0.4, -0.2) is 12.1 Å². The Bertz CT molecular complexity index is 419. The molecular formula is C14H21NO2S. The molecule has 1 fully saturated rings. The van der Waals surface area contributed by atoms with Crippen LogP contribution in [0.15, 0.2) is 5.38 Å². The minimum absolute atomic E-state index is 0.0885. The highest BCUT2D eigenvalue weighted by atomic mass is 32.1. The minimum Gasteiger partial charge on any atom is -0.459 e. The third-order valence-corrected chi connectivity index (χ3v) is 4.33. The molecule has 18 heavy (non-hydrogen) atoms. The van der Waals surface area contributed by atoms with E-state index >= 15 is 0 Å². The summed E-state index contributed by atoms with van der Waals surface area (Å²) in [6.45, 7) is 4.14. The van der Waals surface area contributed by atoms with Crippen molar-refractivity contribution >= 4 is 22.3 Å². The fourth-order valence-corrected chi connectivity index (χ4v) is 3.39. The third kappa shape index (κ3) is 2.86. The van der Waals surface area contributed by atoms with E-state index < -0.39 is 0 Å². The first-order chi connectivity index (χ1) is 8.59. The summed E-state index contributed by atoms with van der Waals surface area (Å²) in [5.41, 5.74) is 7.51. The van der Waals surface area contributed by atoms with Gasteiger partial charge in [0.05, 0.1) is 5.56 Å². The number of nitrogens with two attached hydrogens (primary N) is 1. The molecule has 0 aromatic carbocycles. The number of nitrogen functional groups attached to an aromatic ring is 1. The maximum atomic E-state index is 12.2. The summed E-state index contributed by atoms with van der Waals surface area (Å²) >= 11 is 1.43. The van der Waals surface area contributed by atoms with Crippen LogP contribution in [0.4, 0.5) is 5.00 Å². The van der Waals surface area contributed by atoms with Crippen LogP contribution in [0.3, 0.4) is 0 Å². The SMILES string of the molecule is CC(C)c1csc(N)c1C(=O)OC1CCCCC1. The Morgan fingerprint density at radius 2 is 2.06 bits per heavy atom. The van der Waals surface area contributed by atoms with E-state index in [1.54, 1.807) is 0 Å². The maximum absolute atomic E-state index is 12.2. The van der Waals surface area contributed by atoms with E-state index in [0.29, 0.717) is 16.5 Å². The van der Waals surface area contributed by atoms with Crippen molar-refractivity contribution in [2.75, 3.05) is 5.73 Å². The summed E-state index contributed by atoms with van der Waals surface area (Å²) in [7, 11) is 0. The van der Waals surface area contributed by atoms with Gasteiger partial charge in [0.25, 0.3) is 0 Å². The van der Waals surface area contributed by atoms with Gasteiger partial charge in [0, 0.05) is 0 Å². The van der Waals surface area contributed by atoms with Crippen LogP contribution in [0.25, 0.3) is 0 Å². The van der Waals surface area contributed by atoms with Gasteiger partial charge in [-0.15, -0.1) is 11.3 Å². The maximum Gasteiger partial charge on any atom is 0.341 e. The molecule has 0 spiro atoms. The molecular weight excluding hydrogens is 246 g/mol. The summed E-state index contributed by atoms with van der Waals surface area (Å²) in [5.74, 6) is 0.0665. The average Bonchev–Trinajstić information content (AvgIpc) is 2.72. The minimum atomic E-state index is -0.232. The molecule has 0 radical (unpaired) electrons. The fraction of sp³-hybridized carbons (Fsp3) is 0.643. The standard InChI is InChI=1S/C14H21NO2S/c1-9(2)11-8-18-13(15)12(11)14(16)17-10-6-4-3-5-7-10/h8-10H,3-7,15H2,1-2H3. The monoisotopic (exact) mass is 267 g/mol. The molecule has 1 heterocycles. The Morgan fingerprint density at radius 3 is 2.67 bits per heavy atom. The van der Waals surface area contributed by atoms with E-state index in [1.807, 2.05) is 5.38 Å². The van der Waals surface area contributed by atoms with Crippen molar-refractivity contribution in [1.29, 1.82) is 0 Å². The van der Waals surface area contributed by atoms with Crippen LogP contribution >= 0.6 is 11.3 Å². The van der Waals surface area contributed by atoms with Gasteiger partial charge in [0.15, 0.2) is 0 Å². The number of ether oxygens (including phenoxy) is 1. The van der Waals surface area contributed by atoms with Gasteiger partial charge in [-0.1, -0.05) is 20.3 Å². The van der Waals surface area contributed by atoms with Crippen LogP contribution in [0.5, 0.6) is 0 Å². The molecule has 2 rings (SSSR count). The Hall–Kier alpha value is -1.03. The van der Waals surface area contributed by atoms with E-state index in [9.17, 15) is 4.79 Å². The van der Waals surface area contributed by atoms with Gasteiger partial charge >= 0.3 is 5.97 Å². The number of carbonyl (C=O) groups is 1. The topological polar surface area (TPSA) is 52.3 Å². The molecule has 0 atom stereocenters. The molecule has 0 bridgehead atoms. The van der Waals surface area contributed by atoms with Gasteiger partial charge in [-0.05, 0) is 42.5 Å². The molecule has 1 aromatic heterocycles. The predicted octanol–water partition coefficient (Wildman–Crippen LogP) is 3.94. The van der Waals surface area contributed by atoms with Crippen LogP contribution in [0.1, 0.15) is 67.8 Å². The van der Waals surface area contributed by atoms with Crippen LogP contribution in [-0.2, 0) is 4.74 Å². The molecule has 2 N–H and O–H groups in total. The summed E-state index contributed by atoms with van der Waals surface area (Å²) < 4.78 is 5.60. The first kappa shape index (κ1) is 13.4. The molecule has 100 valence electrons. The van der Waals surface area contributed by atoms with Crippen molar-refractivity contribution in [3.05, 3.63) is 16.5 Å². The van der Waals surface area contributed by atoms with Gasteiger partial charge in [-0.3, -0.25) is 0 Å². The Labute approximate surface area is 112 Å². The molecule has 1 aromatic rings. The second kappa shape index (κ2) is 5.74. The molecule has 1 aliphatic carbocycles. The molecule has 0 saturated heterocycles. The second-order valence-electron chi connectivity index (χ2n) is 5.25. The number of esters is 1. The lowest BCUT2D eigenvalue weighted by molar-refractivity contribution is 0.0211.